The van der Waals surface area contributed by atoms with Gasteiger partial charge in [-0.15, -0.1) is 0 Å². The number of pyridine rings is 1. The molecule has 0 saturated heterocycles. The van der Waals surface area contributed by atoms with E-state index >= 15 is 0 Å². The summed E-state index contributed by atoms with van der Waals surface area (Å²) in [7, 11) is 0. The van der Waals surface area contributed by atoms with Gasteiger partial charge >= 0.3 is 5.69 Å². The Morgan fingerprint density at radius 1 is 1.28 bits per heavy atom. The van der Waals surface area contributed by atoms with Gasteiger partial charge in [0.15, 0.2) is 5.65 Å². The third-order valence-corrected chi connectivity index (χ3v) is 4.62. The molecule has 8 heteroatoms. The lowest BCUT2D eigenvalue weighted by atomic mass is 10.0. The standard InChI is InChI=1S/C21H23FN4O3/c1-5-8-26-18-17(20(28)25-21(26)29)13(10-15(23-18)11(2)3)19(27)24-16-9-12(4)6-7-14(16)22/h6-7,9-11H,5,8H2,1-4H3,(H,24,27)(H,25,28,29). The zero-order valence-corrected chi connectivity index (χ0v) is 16.8. The molecule has 0 spiro atoms. The van der Waals surface area contributed by atoms with E-state index in [-0.39, 0.29) is 28.2 Å². The summed E-state index contributed by atoms with van der Waals surface area (Å²) in [5, 5.41) is 2.54. The maximum Gasteiger partial charge on any atom is 0.329 e. The van der Waals surface area contributed by atoms with E-state index in [0.29, 0.717) is 18.7 Å². The number of aromatic nitrogens is 3. The number of hydrogen-bond donors (Lipinski definition) is 2. The number of nitrogens with one attached hydrogen (secondary N) is 2. The van der Waals surface area contributed by atoms with E-state index in [0.717, 1.165) is 5.56 Å². The van der Waals surface area contributed by atoms with Gasteiger partial charge in [-0.25, -0.2) is 14.2 Å². The third kappa shape index (κ3) is 3.96. The fourth-order valence-electron chi connectivity index (χ4n) is 3.12. The Morgan fingerprint density at radius 3 is 2.66 bits per heavy atom. The van der Waals surface area contributed by atoms with Crippen molar-refractivity contribution in [1.29, 1.82) is 0 Å². The fraction of sp³-hybridized carbons (Fsp3) is 0.333. The molecular formula is C21H23FN4O3. The highest BCUT2D eigenvalue weighted by atomic mass is 19.1. The highest BCUT2D eigenvalue weighted by molar-refractivity contribution is 6.11. The molecule has 1 aromatic carbocycles. The molecule has 0 aliphatic rings. The van der Waals surface area contributed by atoms with Gasteiger partial charge in [0.25, 0.3) is 11.5 Å². The van der Waals surface area contributed by atoms with Gasteiger partial charge in [-0.3, -0.25) is 19.1 Å². The monoisotopic (exact) mass is 398 g/mol. The number of amides is 1. The van der Waals surface area contributed by atoms with Gasteiger partial charge in [0.2, 0.25) is 0 Å². The average Bonchev–Trinajstić information content (AvgIpc) is 2.66. The first kappa shape index (κ1) is 20.4. The number of aryl methyl sites for hydroxylation is 2. The summed E-state index contributed by atoms with van der Waals surface area (Å²) >= 11 is 0. The Balaban J connectivity index is 2.26. The van der Waals surface area contributed by atoms with E-state index in [4.69, 9.17) is 0 Å². The molecule has 2 heterocycles. The molecule has 152 valence electrons. The molecule has 7 nitrogen and oxygen atoms in total. The number of halogens is 1. The summed E-state index contributed by atoms with van der Waals surface area (Å²) in [6.07, 6.45) is 0.644. The van der Waals surface area contributed by atoms with E-state index in [9.17, 15) is 18.8 Å². The molecule has 0 saturated carbocycles. The van der Waals surface area contributed by atoms with Crippen LogP contribution >= 0.6 is 0 Å². The van der Waals surface area contributed by atoms with Gasteiger partial charge in [0.1, 0.15) is 5.82 Å². The molecule has 0 atom stereocenters. The number of benzene rings is 1. The molecule has 3 rings (SSSR count). The van der Waals surface area contributed by atoms with Crippen molar-refractivity contribution in [2.45, 2.75) is 46.6 Å². The molecular weight excluding hydrogens is 375 g/mol. The van der Waals surface area contributed by atoms with Crippen LogP contribution in [0.15, 0.2) is 33.9 Å². The normalized spacial score (nSPS) is 11.2. The fourth-order valence-corrected chi connectivity index (χ4v) is 3.12. The van der Waals surface area contributed by atoms with Crippen molar-refractivity contribution in [2.75, 3.05) is 5.32 Å². The van der Waals surface area contributed by atoms with E-state index in [2.05, 4.69) is 15.3 Å². The molecule has 0 aliphatic carbocycles. The van der Waals surface area contributed by atoms with Gasteiger partial charge < -0.3 is 5.32 Å². The number of aromatic amines is 1. The second-order valence-electron chi connectivity index (χ2n) is 7.30. The van der Waals surface area contributed by atoms with Crippen LogP contribution in [0.2, 0.25) is 0 Å². The number of hydrogen-bond acceptors (Lipinski definition) is 4. The summed E-state index contributed by atoms with van der Waals surface area (Å²) in [5.41, 5.74) is 0.279. The smallest absolute Gasteiger partial charge is 0.319 e. The van der Waals surface area contributed by atoms with Crippen LogP contribution in [0, 0.1) is 12.7 Å². The number of rotatable bonds is 5. The van der Waals surface area contributed by atoms with Crippen LogP contribution in [0.3, 0.4) is 0 Å². The first-order valence-electron chi connectivity index (χ1n) is 9.48. The summed E-state index contributed by atoms with van der Waals surface area (Å²) < 4.78 is 15.5. The van der Waals surface area contributed by atoms with Gasteiger partial charge in [-0.05, 0) is 43.0 Å². The maximum atomic E-state index is 14.1. The molecule has 3 aromatic rings. The van der Waals surface area contributed by atoms with Crippen molar-refractivity contribution >= 4 is 22.6 Å². The van der Waals surface area contributed by atoms with Gasteiger partial charge in [-0.2, -0.15) is 0 Å². The summed E-state index contributed by atoms with van der Waals surface area (Å²) in [6, 6.07) is 5.89. The number of carbonyl (C=O) groups excluding carboxylic acids is 1. The molecule has 1 amide bonds. The first-order valence-corrected chi connectivity index (χ1v) is 9.48. The van der Waals surface area contributed by atoms with Crippen LogP contribution in [0.1, 0.15) is 54.7 Å². The molecule has 0 bridgehead atoms. The Hall–Kier alpha value is -3.29. The quantitative estimate of drug-likeness (QED) is 0.689. The van der Waals surface area contributed by atoms with Crippen LogP contribution in [0.25, 0.3) is 11.0 Å². The van der Waals surface area contributed by atoms with Gasteiger partial charge in [0, 0.05) is 12.2 Å². The second kappa shape index (κ2) is 7.98. The summed E-state index contributed by atoms with van der Waals surface area (Å²) in [5.74, 6) is -1.27. The molecule has 0 aliphatic heterocycles. The zero-order chi connectivity index (χ0) is 21.3. The minimum absolute atomic E-state index is 0.00742. The molecule has 29 heavy (non-hydrogen) atoms. The topological polar surface area (TPSA) is 96.9 Å². The lowest BCUT2D eigenvalue weighted by molar-refractivity contribution is 0.102. The SMILES string of the molecule is CCCn1c(=O)[nH]c(=O)c2c(C(=O)Nc3cc(C)ccc3F)cc(C(C)C)nc21. The van der Waals surface area contributed by atoms with Crippen LogP contribution in [-0.2, 0) is 6.54 Å². The Bertz CT molecular complexity index is 1210. The number of H-pyrrole nitrogens is 1. The van der Waals surface area contributed by atoms with Crippen LogP contribution in [0.4, 0.5) is 10.1 Å². The second-order valence-corrected chi connectivity index (χ2v) is 7.30. The molecule has 0 fully saturated rings. The van der Waals surface area contributed by atoms with Crippen molar-refractivity contribution in [3.8, 4) is 0 Å². The predicted molar refractivity (Wildman–Crippen MR) is 110 cm³/mol. The third-order valence-electron chi connectivity index (χ3n) is 4.62. The van der Waals surface area contributed by atoms with Crippen LogP contribution in [-0.4, -0.2) is 20.4 Å². The lowest BCUT2D eigenvalue weighted by Crippen LogP contribution is -2.32. The van der Waals surface area contributed by atoms with Crippen molar-refractivity contribution in [1.82, 2.24) is 14.5 Å². The summed E-state index contributed by atoms with van der Waals surface area (Å²) in [6.45, 7) is 7.80. The number of anilines is 1. The molecule has 2 N–H and O–H groups in total. The van der Waals surface area contributed by atoms with E-state index in [1.54, 1.807) is 13.0 Å². The molecule has 2 aromatic heterocycles. The average molecular weight is 398 g/mol. The van der Waals surface area contributed by atoms with Crippen molar-refractivity contribution in [2.24, 2.45) is 0 Å². The van der Waals surface area contributed by atoms with Gasteiger partial charge in [0.05, 0.1) is 16.6 Å². The molecule has 0 unspecified atom stereocenters. The Labute approximate surface area is 166 Å². The number of nitrogens with zero attached hydrogens (tertiary/aromatic N) is 2. The van der Waals surface area contributed by atoms with Crippen molar-refractivity contribution in [3.63, 3.8) is 0 Å². The summed E-state index contributed by atoms with van der Waals surface area (Å²) in [4.78, 5) is 44.6. The Kier molecular flexibility index (Phi) is 5.63. The van der Waals surface area contributed by atoms with Crippen LogP contribution in [0.5, 0.6) is 0 Å². The highest BCUT2D eigenvalue weighted by Gasteiger charge is 2.21. The van der Waals surface area contributed by atoms with E-state index in [1.165, 1.54) is 22.8 Å². The highest BCUT2D eigenvalue weighted by Crippen LogP contribution is 2.22. The molecule has 0 radical (unpaired) electrons. The predicted octanol–water partition coefficient (Wildman–Crippen LogP) is 3.32. The maximum absolute atomic E-state index is 14.1. The van der Waals surface area contributed by atoms with Crippen molar-refractivity contribution in [3.05, 3.63) is 67.7 Å². The Morgan fingerprint density at radius 2 is 2.00 bits per heavy atom. The number of fused-ring (bicyclic) bond motifs is 1. The van der Waals surface area contributed by atoms with Crippen LogP contribution < -0.4 is 16.6 Å². The zero-order valence-electron chi connectivity index (χ0n) is 16.8. The number of carbonyl (C=O) groups is 1. The van der Waals surface area contributed by atoms with E-state index < -0.39 is 23.0 Å². The lowest BCUT2D eigenvalue weighted by Gasteiger charge is -2.15. The van der Waals surface area contributed by atoms with Gasteiger partial charge in [-0.1, -0.05) is 26.8 Å². The minimum atomic E-state index is -0.699. The first-order chi connectivity index (χ1) is 13.7. The minimum Gasteiger partial charge on any atom is -0.319 e. The largest absolute Gasteiger partial charge is 0.329 e. The van der Waals surface area contributed by atoms with Crippen molar-refractivity contribution < 1.29 is 9.18 Å². The van der Waals surface area contributed by atoms with E-state index in [1.807, 2.05) is 20.8 Å².